The highest BCUT2D eigenvalue weighted by atomic mass is 35.5. The molecule has 1 aromatic carbocycles. The van der Waals surface area contributed by atoms with Gasteiger partial charge in [0.2, 0.25) is 0 Å². The zero-order valence-corrected chi connectivity index (χ0v) is 16.4. The number of hydrogen-bond acceptors (Lipinski definition) is 4. The first-order valence-corrected chi connectivity index (χ1v) is 10.1. The lowest BCUT2D eigenvalue weighted by molar-refractivity contribution is 0.0935. The summed E-state index contributed by atoms with van der Waals surface area (Å²) in [4.78, 5) is 15.8. The Morgan fingerprint density at radius 3 is 3.04 bits per heavy atom. The molecule has 1 fully saturated rings. The number of rotatable bonds is 6. The molecule has 0 bridgehead atoms. The molecule has 1 saturated heterocycles. The van der Waals surface area contributed by atoms with Gasteiger partial charge in [0.1, 0.15) is 10.6 Å². The Balaban J connectivity index is 1.66. The molecule has 4 nitrogen and oxygen atoms in total. The van der Waals surface area contributed by atoms with Crippen LogP contribution in [0.25, 0.3) is 10.1 Å². The number of carbonyl (C=O) groups is 1. The van der Waals surface area contributed by atoms with Crippen LogP contribution in [-0.4, -0.2) is 43.6 Å². The third-order valence-corrected chi connectivity index (χ3v) is 6.31. The van der Waals surface area contributed by atoms with Gasteiger partial charge in [0.15, 0.2) is 0 Å². The summed E-state index contributed by atoms with van der Waals surface area (Å²) in [6.07, 6.45) is 5.03. The second kappa shape index (κ2) is 8.39. The van der Waals surface area contributed by atoms with E-state index in [4.69, 9.17) is 16.3 Å². The lowest BCUT2D eigenvalue weighted by Crippen LogP contribution is -2.43. The number of methoxy groups -OCH3 is 1. The largest absolute Gasteiger partial charge is 0.494 e. The Kier molecular flexibility index (Phi) is 6.20. The summed E-state index contributed by atoms with van der Waals surface area (Å²) >= 11 is 7.52. The second-order valence-electron chi connectivity index (χ2n) is 6.45. The number of carbonyl (C=O) groups excluding carboxylic acids is 1. The van der Waals surface area contributed by atoms with Crippen molar-refractivity contribution in [2.75, 3.05) is 26.7 Å². The first kappa shape index (κ1) is 18.5. The van der Waals surface area contributed by atoms with Gasteiger partial charge in [-0.05, 0) is 44.0 Å². The number of ether oxygens (including phenoxy) is 1. The highest BCUT2D eigenvalue weighted by Crippen LogP contribution is 2.38. The number of likely N-dealkylation sites (tertiary alicyclic amines) is 1. The van der Waals surface area contributed by atoms with Crippen molar-refractivity contribution in [2.45, 2.75) is 38.6 Å². The van der Waals surface area contributed by atoms with E-state index < -0.39 is 0 Å². The molecule has 1 aliphatic heterocycles. The zero-order chi connectivity index (χ0) is 17.8. The first-order valence-electron chi connectivity index (χ1n) is 8.92. The first-order chi connectivity index (χ1) is 12.1. The van der Waals surface area contributed by atoms with Gasteiger partial charge in [0.25, 0.3) is 5.91 Å². The van der Waals surface area contributed by atoms with Gasteiger partial charge in [-0.2, -0.15) is 0 Å². The number of benzene rings is 1. The van der Waals surface area contributed by atoms with E-state index in [0.29, 0.717) is 28.2 Å². The molecule has 2 aromatic rings. The Bertz CT molecular complexity index is 746. The number of halogens is 1. The maximum Gasteiger partial charge on any atom is 0.265 e. The minimum Gasteiger partial charge on any atom is -0.494 e. The minimum atomic E-state index is -0.0702. The third-order valence-electron chi connectivity index (χ3n) is 4.92. The number of nitrogens with zero attached hydrogens (tertiary/aromatic N) is 1. The molecule has 1 aliphatic rings. The third kappa shape index (κ3) is 4.10. The molecule has 25 heavy (non-hydrogen) atoms. The molecule has 2 heterocycles. The molecule has 0 unspecified atom stereocenters. The van der Waals surface area contributed by atoms with Crippen molar-refractivity contribution in [3.8, 4) is 5.75 Å². The Morgan fingerprint density at radius 2 is 2.28 bits per heavy atom. The Morgan fingerprint density at radius 1 is 1.44 bits per heavy atom. The number of amides is 1. The van der Waals surface area contributed by atoms with Crippen molar-refractivity contribution < 1.29 is 9.53 Å². The molecule has 1 N–H and O–H groups in total. The Labute approximate surface area is 158 Å². The van der Waals surface area contributed by atoms with Crippen molar-refractivity contribution >= 4 is 38.9 Å². The fraction of sp³-hybridized carbons (Fsp3) is 0.526. The summed E-state index contributed by atoms with van der Waals surface area (Å²) in [6, 6.07) is 6.28. The van der Waals surface area contributed by atoms with E-state index in [1.165, 1.54) is 37.0 Å². The quantitative estimate of drug-likeness (QED) is 0.798. The van der Waals surface area contributed by atoms with Gasteiger partial charge < -0.3 is 10.1 Å². The molecule has 0 saturated carbocycles. The highest BCUT2D eigenvalue weighted by molar-refractivity contribution is 7.21. The van der Waals surface area contributed by atoms with Gasteiger partial charge in [0, 0.05) is 34.2 Å². The van der Waals surface area contributed by atoms with Gasteiger partial charge in [-0.3, -0.25) is 9.69 Å². The molecule has 0 radical (unpaired) electrons. The van der Waals surface area contributed by atoms with Crippen LogP contribution in [0, 0.1) is 0 Å². The zero-order valence-electron chi connectivity index (χ0n) is 14.8. The summed E-state index contributed by atoms with van der Waals surface area (Å²) in [5, 5.41) is 4.60. The van der Waals surface area contributed by atoms with E-state index in [-0.39, 0.29) is 5.91 Å². The van der Waals surface area contributed by atoms with Crippen LogP contribution in [0.3, 0.4) is 0 Å². The molecule has 3 rings (SSSR count). The monoisotopic (exact) mass is 380 g/mol. The molecule has 1 atom stereocenters. The van der Waals surface area contributed by atoms with Crippen LogP contribution >= 0.6 is 22.9 Å². The molecule has 0 spiro atoms. The lowest BCUT2D eigenvalue weighted by Gasteiger charge is -2.35. The fourth-order valence-electron chi connectivity index (χ4n) is 3.61. The summed E-state index contributed by atoms with van der Waals surface area (Å²) in [7, 11) is 1.60. The van der Waals surface area contributed by atoms with Crippen molar-refractivity contribution in [1.82, 2.24) is 10.2 Å². The number of fused-ring (bicyclic) bond motifs is 1. The topological polar surface area (TPSA) is 41.6 Å². The molecule has 1 aromatic heterocycles. The van der Waals surface area contributed by atoms with Gasteiger partial charge in [-0.1, -0.05) is 24.9 Å². The molecule has 136 valence electrons. The van der Waals surface area contributed by atoms with Crippen molar-refractivity contribution in [1.29, 1.82) is 0 Å². The maximum atomic E-state index is 12.6. The van der Waals surface area contributed by atoms with Crippen LogP contribution in [0.5, 0.6) is 5.75 Å². The summed E-state index contributed by atoms with van der Waals surface area (Å²) < 4.78 is 6.49. The number of piperidine rings is 1. The van der Waals surface area contributed by atoms with E-state index in [0.717, 1.165) is 23.2 Å². The average molecular weight is 381 g/mol. The van der Waals surface area contributed by atoms with Crippen LogP contribution in [0.1, 0.15) is 42.3 Å². The van der Waals surface area contributed by atoms with Crippen LogP contribution in [-0.2, 0) is 0 Å². The van der Waals surface area contributed by atoms with Crippen LogP contribution < -0.4 is 10.1 Å². The van der Waals surface area contributed by atoms with E-state index in [9.17, 15) is 4.79 Å². The van der Waals surface area contributed by atoms with Crippen LogP contribution in [0.15, 0.2) is 18.2 Å². The molecule has 6 heteroatoms. The second-order valence-corrected chi connectivity index (χ2v) is 7.94. The van der Waals surface area contributed by atoms with E-state index in [2.05, 4.69) is 17.1 Å². The number of hydrogen-bond donors (Lipinski definition) is 1. The number of thiophene rings is 1. The molecular formula is C19H25ClN2O2S. The van der Waals surface area contributed by atoms with Gasteiger partial charge in [-0.25, -0.2) is 0 Å². The van der Waals surface area contributed by atoms with E-state index in [1.54, 1.807) is 7.11 Å². The van der Waals surface area contributed by atoms with Crippen LogP contribution in [0.4, 0.5) is 0 Å². The summed E-state index contributed by atoms with van der Waals surface area (Å²) in [5.41, 5.74) is 0. The molecule has 1 amide bonds. The van der Waals surface area contributed by atoms with E-state index in [1.807, 2.05) is 18.2 Å². The smallest absolute Gasteiger partial charge is 0.265 e. The molecular weight excluding hydrogens is 356 g/mol. The highest BCUT2D eigenvalue weighted by Gasteiger charge is 2.22. The standard InChI is InChI=1S/C19H25ClN2O2S/c1-3-14-6-4-5-10-22(14)11-9-21-19(23)18-17(24-2)15-12-13(20)7-8-16(15)25-18/h7-8,12,14H,3-6,9-11H2,1-2H3,(H,21,23)/t14-/m1/s1. The maximum absolute atomic E-state index is 12.6. The number of nitrogens with one attached hydrogen (secondary N) is 1. The van der Waals surface area contributed by atoms with Crippen LogP contribution in [0.2, 0.25) is 5.02 Å². The fourth-order valence-corrected chi connectivity index (χ4v) is 4.85. The normalized spacial score (nSPS) is 18.4. The van der Waals surface area contributed by atoms with Gasteiger partial charge in [0.05, 0.1) is 7.11 Å². The SMILES string of the molecule is CC[C@@H]1CCCCN1CCNC(=O)c1sc2ccc(Cl)cc2c1OC. The Hall–Kier alpha value is -1.30. The lowest BCUT2D eigenvalue weighted by atomic mass is 10.0. The van der Waals surface area contributed by atoms with Crippen molar-refractivity contribution in [2.24, 2.45) is 0 Å². The van der Waals surface area contributed by atoms with E-state index >= 15 is 0 Å². The van der Waals surface area contributed by atoms with Gasteiger partial charge >= 0.3 is 0 Å². The molecule has 0 aliphatic carbocycles. The summed E-state index contributed by atoms with van der Waals surface area (Å²) in [6.45, 7) is 4.95. The van der Waals surface area contributed by atoms with Gasteiger partial charge in [-0.15, -0.1) is 11.3 Å². The summed E-state index contributed by atoms with van der Waals surface area (Å²) in [5.74, 6) is 0.545. The van der Waals surface area contributed by atoms with Crippen molar-refractivity contribution in [3.63, 3.8) is 0 Å². The predicted octanol–water partition coefficient (Wildman–Crippen LogP) is 4.56. The predicted molar refractivity (Wildman–Crippen MR) is 105 cm³/mol. The van der Waals surface area contributed by atoms with Crippen molar-refractivity contribution in [3.05, 3.63) is 28.1 Å². The minimum absolute atomic E-state index is 0.0702. The average Bonchev–Trinajstić information content (AvgIpc) is 2.99.